The molecule has 4 aromatic carbocycles. The maximum absolute atomic E-state index is 8.88. The van der Waals surface area contributed by atoms with Gasteiger partial charge >= 0.3 is 15.6 Å². The van der Waals surface area contributed by atoms with Gasteiger partial charge in [-0.2, -0.15) is 0 Å². The van der Waals surface area contributed by atoms with Gasteiger partial charge in [0.1, 0.15) is 0 Å². The van der Waals surface area contributed by atoms with E-state index in [1.165, 1.54) is 22.3 Å². The summed E-state index contributed by atoms with van der Waals surface area (Å²) < 4.78 is 17.8. The average Bonchev–Trinajstić information content (AvgIpc) is 2.80. The van der Waals surface area contributed by atoms with E-state index < -0.39 is 15.6 Å². The molecule has 0 radical (unpaired) electrons. The smallest absolute Gasteiger partial charge is 0.303 e. The molecular weight excluding hydrogens is 538 g/mol. The standard InChI is InChI=1S/4C7H8.CH4.2H3O4P/c4*1-7-5-3-2-4-6-7;;2*1-5(2,3)4/h4*2-6H,1H3;1H4;2*(H3,1,2,3,4). The van der Waals surface area contributed by atoms with Gasteiger partial charge in [0.25, 0.3) is 0 Å². The van der Waals surface area contributed by atoms with Gasteiger partial charge in [-0.1, -0.05) is 151 Å². The van der Waals surface area contributed by atoms with Crippen LogP contribution in [0, 0.1) is 27.7 Å². The van der Waals surface area contributed by atoms with Crippen molar-refractivity contribution in [2.75, 3.05) is 0 Å². The van der Waals surface area contributed by atoms with Crippen molar-refractivity contribution in [1.82, 2.24) is 0 Å². The molecule has 0 fully saturated rings. The highest BCUT2D eigenvalue weighted by molar-refractivity contribution is 7.45. The Morgan fingerprint density at radius 1 is 0.359 bits per heavy atom. The Morgan fingerprint density at radius 2 is 0.462 bits per heavy atom. The van der Waals surface area contributed by atoms with Gasteiger partial charge in [-0.3, -0.25) is 0 Å². The van der Waals surface area contributed by atoms with E-state index in [2.05, 4.69) is 76.2 Å². The van der Waals surface area contributed by atoms with Crippen LogP contribution in [0.3, 0.4) is 0 Å². The van der Waals surface area contributed by atoms with Gasteiger partial charge in [-0.25, -0.2) is 9.13 Å². The van der Waals surface area contributed by atoms with Crippen molar-refractivity contribution in [3.63, 3.8) is 0 Å². The van der Waals surface area contributed by atoms with Gasteiger partial charge in [0.05, 0.1) is 0 Å². The van der Waals surface area contributed by atoms with Gasteiger partial charge < -0.3 is 29.4 Å². The molecule has 39 heavy (non-hydrogen) atoms. The van der Waals surface area contributed by atoms with Crippen molar-refractivity contribution in [1.29, 1.82) is 0 Å². The van der Waals surface area contributed by atoms with E-state index in [1.807, 2.05) is 72.8 Å². The second-order valence-electron chi connectivity index (χ2n) is 7.65. The molecule has 0 aliphatic heterocycles. The monoisotopic (exact) mass is 580 g/mol. The van der Waals surface area contributed by atoms with E-state index in [0.29, 0.717) is 0 Å². The second kappa shape index (κ2) is 24.2. The van der Waals surface area contributed by atoms with Crippen LogP contribution in [0.2, 0.25) is 0 Å². The highest BCUT2D eigenvalue weighted by Crippen LogP contribution is 2.26. The zero-order valence-electron chi connectivity index (χ0n) is 21.9. The Morgan fingerprint density at radius 3 is 0.513 bits per heavy atom. The van der Waals surface area contributed by atoms with Crippen LogP contribution in [0.15, 0.2) is 121 Å². The molecular formula is C29H42O8P2. The van der Waals surface area contributed by atoms with Crippen molar-refractivity contribution in [3.8, 4) is 0 Å². The molecule has 4 aromatic rings. The highest BCUT2D eigenvalue weighted by atomic mass is 31.2. The third kappa shape index (κ3) is 45.4. The molecule has 0 atom stereocenters. The summed E-state index contributed by atoms with van der Waals surface area (Å²) >= 11 is 0. The average molecular weight is 581 g/mol. The zero-order chi connectivity index (χ0) is 29.5. The van der Waals surface area contributed by atoms with Gasteiger partial charge in [0.15, 0.2) is 0 Å². The molecule has 4 rings (SSSR count). The first kappa shape index (κ1) is 40.6. The van der Waals surface area contributed by atoms with Crippen LogP contribution in [0.1, 0.15) is 29.7 Å². The molecule has 0 spiro atoms. The van der Waals surface area contributed by atoms with E-state index in [9.17, 15) is 0 Å². The van der Waals surface area contributed by atoms with Crippen LogP contribution in [0.4, 0.5) is 0 Å². The van der Waals surface area contributed by atoms with Gasteiger partial charge in [0, 0.05) is 0 Å². The maximum Gasteiger partial charge on any atom is 0.466 e. The lowest BCUT2D eigenvalue weighted by molar-refractivity contribution is 0.272. The third-order valence-electron chi connectivity index (χ3n) is 3.76. The fourth-order valence-electron chi connectivity index (χ4n) is 2.14. The molecule has 0 unspecified atom stereocenters. The lowest BCUT2D eigenvalue weighted by Crippen LogP contribution is -1.66. The Bertz CT molecular complexity index is 963. The lowest BCUT2D eigenvalue weighted by Gasteiger charge is -1.82. The molecule has 0 bridgehead atoms. The summed E-state index contributed by atoms with van der Waals surface area (Å²) in [5, 5.41) is 0. The van der Waals surface area contributed by atoms with E-state index >= 15 is 0 Å². The SMILES string of the molecule is C.Cc1ccccc1.Cc1ccccc1.Cc1ccccc1.Cc1ccccc1.O=P(O)(O)O.O=P(O)(O)O. The van der Waals surface area contributed by atoms with Crippen molar-refractivity contribution in [2.45, 2.75) is 35.1 Å². The molecule has 10 heteroatoms. The Balaban J connectivity index is -0.000000400. The Labute approximate surface area is 232 Å². The van der Waals surface area contributed by atoms with E-state index in [4.69, 9.17) is 38.5 Å². The first-order valence-electron chi connectivity index (χ1n) is 11.2. The number of phosphoric acid groups is 2. The summed E-state index contributed by atoms with van der Waals surface area (Å²) in [6.45, 7) is 8.33. The van der Waals surface area contributed by atoms with Gasteiger partial charge in [-0.05, 0) is 27.7 Å². The summed E-state index contributed by atoms with van der Waals surface area (Å²) in [6.07, 6.45) is 0. The van der Waals surface area contributed by atoms with E-state index in [0.717, 1.165) is 0 Å². The van der Waals surface area contributed by atoms with Crippen LogP contribution in [-0.2, 0) is 9.13 Å². The van der Waals surface area contributed by atoms with Crippen LogP contribution < -0.4 is 0 Å². The molecule has 0 aromatic heterocycles. The minimum Gasteiger partial charge on any atom is -0.303 e. The quantitative estimate of drug-likeness (QED) is 0.125. The summed E-state index contributed by atoms with van der Waals surface area (Å²) in [5.41, 5.74) is 5.29. The number of hydrogen-bond donors (Lipinski definition) is 6. The summed E-state index contributed by atoms with van der Waals surface area (Å²) in [5.74, 6) is 0. The van der Waals surface area contributed by atoms with Crippen molar-refractivity contribution in [2.24, 2.45) is 0 Å². The molecule has 0 aliphatic rings. The van der Waals surface area contributed by atoms with Crippen LogP contribution >= 0.6 is 15.6 Å². The number of aryl methyl sites for hydroxylation is 4. The summed E-state index contributed by atoms with van der Waals surface area (Å²) in [4.78, 5) is 43.1. The van der Waals surface area contributed by atoms with Crippen LogP contribution in [0.25, 0.3) is 0 Å². The molecule has 0 amide bonds. The van der Waals surface area contributed by atoms with Crippen molar-refractivity contribution in [3.05, 3.63) is 144 Å². The number of benzene rings is 4. The Kier molecular flexibility index (Phi) is 25.1. The molecule has 0 aliphatic carbocycles. The molecule has 6 N–H and O–H groups in total. The molecule has 0 saturated heterocycles. The summed E-state index contributed by atoms with van der Waals surface area (Å²) in [6, 6.07) is 41.0. The summed E-state index contributed by atoms with van der Waals surface area (Å²) in [7, 11) is -9.28. The normalized spacial score (nSPS) is 9.28. The molecule has 0 heterocycles. The maximum atomic E-state index is 8.88. The zero-order valence-corrected chi connectivity index (χ0v) is 23.7. The third-order valence-corrected chi connectivity index (χ3v) is 3.76. The second-order valence-corrected chi connectivity index (χ2v) is 9.70. The minimum atomic E-state index is -4.64. The number of rotatable bonds is 0. The van der Waals surface area contributed by atoms with E-state index in [-0.39, 0.29) is 7.43 Å². The van der Waals surface area contributed by atoms with Gasteiger partial charge in [0.2, 0.25) is 0 Å². The predicted octanol–water partition coefficient (Wildman–Crippen LogP) is 6.76. The fourth-order valence-corrected chi connectivity index (χ4v) is 2.14. The predicted molar refractivity (Wildman–Crippen MR) is 160 cm³/mol. The van der Waals surface area contributed by atoms with Gasteiger partial charge in [-0.15, -0.1) is 0 Å². The lowest BCUT2D eigenvalue weighted by atomic mass is 10.2. The van der Waals surface area contributed by atoms with E-state index in [1.54, 1.807) is 0 Å². The largest absolute Gasteiger partial charge is 0.466 e. The van der Waals surface area contributed by atoms with Crippen LogP contribution in [0.5, 0.6) is 0 Å². The van der Waals surface area contributed by atoms with Crippen LogP contribution in [-0.4, -0.2) is 29.4 Å². The van der Waals surface area contributed by atoms with Crippen molar-refractivity contribution >= 4 is 15.6 Å². The number of hydrogen-bond acceptors (Lipinski definition) is 2. The highest BCUT2D eigenvalue weighted by Gasteiger charge is 2.00. The molecule has 0 saturated carbocycles. The fraction of sp³-hybridized carbons (Fsp3) is 0.172. The minimum absolute atomic E-state index is 0. The Hall–Kier alpha value is -2.90. The molecule has 8 nitrogen and oxygen atoms in total. The molecule has 216 valence electrons. The first-order valence-corrected chi connectivity index (χ1v) is 14.3. The topological polar surface area (TPSA) is 156 Å². The van der Waals surface area contributed by atoms with Crippen molar-refractivity contribution < 1.29 is 38.5 Å². The first-order chi connectivity index (χ1) is 17.6.